The fourth-order valence-corrected chi connectivity index (χ4v) is 4.17. The molecule has 0 saturated carbocycles. The minimum Gasteiger partial charge on any atom is -0.505 e. The van der Waals surface area contributed by atoms with Gasteiger partial charge in [0.1, 0.15) is 17.1 Å². The number of aromatic hydroxyl groups is 1. The zero-order valence-corrected chi connectivity index (χ0v) is 18.2. The summed E-state index contributed by atoms with van der Waals surface area (Å²) in [6.45, 7) is 0. The van der Waals surface area contributed by atoms with Gasteiger partial charge in [0, 0.05) is 17.0 Å². The third kappa shape index (κ3) is 4.65. The van der Waals surface area contributed by atoms with Crippen molar-refractivity contribution >= 4 is 38.1 Å². The van der Waals surface area contributed by atoms with Crippen LogP contribution in [-0.4, -0.2) is 31.5 Å². The molecule has 2 N–H and O–H groups in total. The zero-order valence-electron chi connectivity index (χ0n) is 17.3. The van der Waals surface area contributed by atoms with Gasteiger partial charge >= 0.3 is 5.91 Å². The number of rotatable bonds is 6. The molecule has 0 unspecified atom stereocenters. The zero-order chi connectivity index (χ0) is 23.4. The van der Waals surface area contributed by atoms with Crippen LogP contribution in [0.4, 0.5) is 11.4 Å². The van der Waals surface area contributed by atoms with Crippen LogP contribution in [0, 0.1) is 0 Å². The maximum atomic E-state index is 13.0. The van der Waals surface area contributed by atoms with Crippen LogP contribution in [0.15, 0.2) is 94.1 Å². The Balaban J connectivity index is 1.74. The minimum absolute atomic E-state index is 0.0222. The number of pyridine rings is 1. The number of benzene rings is 3. The van der Waals surface area contributed by atoms with Crippen LogP contribution in [0.25, 0.3) is 10.8 Å². The Morgan fingerprint density at radius 3 is 2.36 bits per heavy atom. The highest BCUT2D eigenvalue weighted by Crippen LogP contribution is 2.40. The van der Waals surface area contributed by atoms with Crippen molar-refractivity contribution in [2.75, 3.05) is 11.8 Å². The summed E-state index contributed by atoms with van der Waals surface area (Å²) >= 11 is 0. The molecule has 0 aliphatic heterocycles. The Kier molecular flexibility index (Phi) is 6.01. The number of aromatic nitrogens is 1. The minimum atomic E-state index is -3.97. The van der Waals surface area contributed by atoms with Crippen molar-refractivity contribution in [2.45, 2.75) is 4.90 Å². The number of nitrogens with zero attached hydrogens (tertiary/aromatic N) is 3. The van der Waals surface area contributed by atoms with Crippen molar-refractivity contribution < 1.29 is 23.1 Å². The number of sulfonamides is 1. The maximum absolute atomic E-state index is 13.0. The Labute approximate surface area is 189 Å². The molecule has 10 heteroatoms. The molecule has 3 aromatic carbocycles. The van der Waals surface area contributed by atoms with E-state index < -0.39 is 15.9 Å². The van der Waals surface area contributed by atoms with E-state index in [4.69, 9.17) is 4.74 Å². The molecule has 1 amide bonds. The number of fused-ring (bicyclic) bond motifs is 1. The van der Waals surface area contributed by atoms with Crippen molar-refractivity contribution in [1.29, 1.82) is 0 Å². The summed E-state index contributed by atoms with van der Waals surface area (Å²) in [6.07, 6.45) is 1.45. The van der Waals surface area contributed by atoms with Gasteiger partial charge in [0.05, 0.1) is 17.7 Å². The third-order valence-electron chi connectivity index (χ3n) is 4.74. The van der Waals surface area contributed by atoms with Crippen LogP contribution in [-0.2, 0) is 10.0 Å². The summed E-state index contributed by atoms with van der Waals surface area (Å²) < 4.78 is 33.5. The van der Waals surface area contributed by atoms with Gasteiger partial charge < -0.3 is 9.84 Å². The van der Waals surface area contributed by atoms with Gasteiger partial charge in [0.25, 0.3) is 10.0 Å². The van der Waals surface area contributed by atoms with E-state index >= 15 is 0 Å². The lowest BCUT2D eigenvalue weighted by Gasteiger charge is -2.13. The quantitative estimate of drug-likeness (QED) is 0.316. The number of phenolic OH excluding ortho intramolecular Hbond substituents is 1. The van der Waals surface area contributed by atoms with Gasteiger partial charge in [-0.3, -0.25) is 14.5 Å². The molecule has 33 heavy (non-hydrogen) atoms. The van der Waals surface area contributed by atoms with Crippen LogP contribution in [0.3, 0.4) is 0 Å². The lowest BCUT2D eigenvalue weighted by Crippen LogP contribution is -2.13. The SMILES string of the molecule is COc1ccc(S(=O)(=O)Nc2cc(N=NC(=O)c3ccccn3)c(O)c3ccccc23)cc1. The van der Waals surface area contributed by atoms with Crippen molar-refractivity contribution in [3.05, 3.63) is 84.7 Å². The molecule has 4 aromatic rings. The van der Waals surface area contributed by atoms with Crippen LogP contribution < -0.4 is 9.46 Å². The van der Waals surface area contributed by atoms with E-state index in [1.807, 2.05) is 0 Å². The number of phenols is 1. The number of anilines is 1. The van der Waals surface area contributed by atoms with Gasteiger partial charge in [-0.1, -0.05) is 30.3 Å². The Bertz CT molecular complexity index is 1450. The second kappa shape index (κ2) is 9.05. The maximum Gasteiger partial charge on any atom is 0.313 e. The molecule has 166 valence electrons. The normalized spacial score (nSPS) is 11.5. The second-order valence-electron chi connectivity index (χ2n) is 6.84. The summed E-state index contributed by atoms with van der Waals surface area (Å²) in [5.41, 5.74) is 0.172. The first-order chi connectivity index (χ1) is 15.9. The van der Waals surface area contributed by atoms with E-state index in [9.17, 15) is 18.3 Å². The number of nitrogens with one attached hydrogen (secondary N) is 1. The lowest BCUT2D eigenvalue weighted by molar-refractivity contribution is 0.0990. The number of azo groups is 1. The number of ether oxygens (including phenoxy) is 1. The number of hydrogen-bond donors (Lipinski definition) is 2. The molecule has 0 spiro atoms. The summed E-state index contributed by atoms with van der Waals surface area (Å²) in [5.74, 6) is -0.427. The van der Waals surface area contributed by atoms with E-state index in [0.717, 1.165) is 0 Å². The molecule has 9 nitrogen and oxygen atoms in total. The highest BCUT2D eigenvalue weighted by molar-refractivity contribution is 7.92. The van der Waals surface area contributed by atoms with E-state index in [1.54, 1.807) is 36.4 Å². The second-order valence-corrected chi connectivity index (χ2v) is 8.52. The Morgan fingerprint density at radius 1 is 1.00 bits per heavy atom. The first-order valence-corrected chi connectivity index (χ1v) is 11.2. The predicted octanol–water partition coefficient (Wildman–Crippen LogP) is 4.67. The van der Waals surface area contributed by atoms with Crippen molar-refractivity contribution in [3.63, 3.8) is 0 Å². The fraction of sp³-hybridized carbons (Fsp3) is 0.0435. The highest BCUT2D eigenvalue weighted by atomic mass is 32.2. The average Bonchev–Trinajstić information content (AvgIpc) is 2.85. The first-order valence-electron chi connectivity index (χ1n) is 9.68. The number of hydrogen-bond acceptors (Lipinski definition) is 7. The molecular formula is C23H18N4O5S. The van der Waals surface area contributed by atoms with Crippen LogP contribution in [0.2, 0.25) is 0 Å². The van der Waals surface area contributed by atoms with E-state index in [1.165, 1.54) is 49.7 Å². The molecule has 0 fully saturated rings. The number of carbonyl (C=O) groups is 1. The van der Waals surface area contributed by atoms with Gasteiger partial charge in [-0.15, -0.1) is 10.2 Å². The Morgan fingerprint density at radius 2 is 1.70 bits per heavy atom. The Hall–Kier alpha value is -4.31. The molecule has 0 aliphatic carbocycles. The molecule has 4 rings (SSSR count). The lowest BCUT2D eigenvalue weighted by atomic mass is 10.1. The van der Waals surface area contributed by atoms with E-state index in [-0.39, 0.29) is 27.7 Å². The standard InChI is InChI=1S/C23H18N4O5S/c1-32-15-9-11-16(12-10-15)33(30,31)27-20-14-21(22(28)18-7-3-2-6-17(18)20)25-26-23(29)19-8-4-5-13-24-19/h2-14,27-28H,1H3. The van der Waals surface area contributed by atoms with Crippen molar-refractivity contribution in [1.82, 2.24) is 4.98 Å². The summed E-state index contributed by atoms with van der Waals surface area (Å²) in [4.78, 5) is 16.1. The molecule has 0 radical (unpaired) electrons. The molecule has 0 atom stereocenters. The van der Waals surface area contributed by atoms with Gasteiger partial charge in [-0.2, -0.15) is 0 Å². The predicted molar refractivity (Wildman–Crippen MR) is 122 cm³/mol. The number of carbonyl (C=O) groups excluding carboxylic acids is 1. The van der Waals surface area contributed by atoms with Crippen LogP contribution in [0.1, 0.15) is 10.5 Å². The van der Waals surface area contributed by atoms with Crippen molar-refractivity contribution in [3.8, 4) is 11.5 Å². The molecule has 1 heterocycles. The highest BCUT2D eigenvalue weighted by Gasteiger charge is 2.19. The molecule has 1 aromatic heterocycles. The third-order valence-corrected chi connectivity index (χ3v) is 6.12. The fourth-order valence-electron chi connectivity index (χ4n) is 3.10. The molecule has 0 aliphatic rings. The number of methoxy groups -OCH3 is 1. The summed E-state index contributed by atoms with van der Waals surface area (Å²) in [5, 5.41) is 18.9. The van der Waals surface area contributed by atoms with E-state index in [0.29, 0.717) is 16.5 Å². The monoisotopic (exact) mass is 462 g/mol. The summed E-state index contributed by atoms with van der Waals surface area (Å²) in [7, 11) is -2.48. The molecule has 0 bridgehead atoms. The topological polar surface area (TPSA) is 130 Å². The van der Waals surface area contributed by atoms with Crippen LogP contribution >= 0.6 is 0 Å². The van der Waals surface area contributed by atoms with Gasteiger partial charge in [-0.25, -0.2) is 8.42 Å². The van der Waals surface area contributed by atoms with Gasteiger partial charge in [0.15, 0.2) is 5.75 Å². The van der Waals surface area contributed by atoms with E-state index in [2.05, 4.69) is 19.9 Å². The van der Waals surface area contributed by atoms with Gasteiger partial charge in [-0.05, 0) is 42.5 Å². The van der Waals surface area contributed by atoms with Crippen LogP contribution in [0.5, 0.6) is 11.5 Å². The molecular weight excluding hydrogens is 444 g/mol. The largest absolute Gasteiger partial charge is 0.505 e. The summed E-state index contributed by atoms with van der Waals surface area (Å²) in [6, 6.07) is 18.6. The van der Waals surface area contributed by atoms with Crippen molar-refractivity contribution in [2.24, 2.45) is 10.2 Å². The average molecular weight is 462 g/mol. The van der Waals surface area contributed by atoms with Gasteiger partial charge in [0.2, 0.25) is 0 Å². The number of amides is 1. The molecule has 0 saturated heterocycles. The first kappa shape index (κ1) is 21.9. The smallest absolute Gasteiger partial charge is 0.313 e.